The van der Waals surface area contributed by atoms with Crippen LogP contribution in [0.5, 0.6) is 5.75 Å². The van der Waals surface area contributed by atoms with Crippen molar-refractivity contribution in [3.8, 4) is 5.75 Å². The molecule has 2 aromatic carbocycles. The highest BCUT2D eigenvalue weighted by atomic mass is 32.2. The molecule has 164 valence electrons. The van der Waals surface area contributed by atoms with Gasteiger partial charge in [-0.25, -0.2) is 13.6 Å². The first-order chi connectivity index (χ1) is 14.8. The quantitative estimate of drug-likeness (QED) is 0.507. The van der Waals surface area contributed by atoms with Crippen molar-refractivity contribution in [1.29, 1.82) is 0 Å². The molecule has 1 heterocycles. The van der Waals surface area contributed by atoms with E-state index in [1.807, 2.05) is 18.2 Å². The Morgan fingerprint density at radius 3 is 2.55 bits per heavy atom. The number of fused-ring (bicyclic) bond motifs is 1. The van der Waals surface area contributed by atoms with Crippen LogP contribution in [-0.2, 0) is 30.9 Å². The zero-order valence-electron chi connectivity index (χ0n) is 16.7. The van der Waals surface area contributed by atoms with Gasteiger partial charge in [0, 0.05) is 6.54 Å². The molecular weight excluding hydrogens is 442 g/mol. The summed E-state index contributed by atoms with van der Waals surface area (Å²) in [6, 6.07) is 13.5. The van der Waals surface area contributed by atoms with E-state index in [4.69, 9.17) is 9.88 Å². The normalized spacial score (nSPS) is 12.1. The second-order valence-corrected chi connectivity index (χ2v) is 9.02. The van der Waals surface area contributed by atoms with Crippen molar-refractivity contribution in [1.82, 2.24) is 4.57 Å². The number of aryl methyl sites for hydroxylation is 1. The van der Waals surface area contributed by atoms with Crippen LogP contribution in [0.4, 0.5) is 0 Å². The van der Waals surface area contributed by atoms with Crippen LogP contribution in [0.25, 0.3) is 10.2 Å². The van der Waals surface area contributed by atoms with Gasteiger partial charge in [-0.05, 0) is 30.3 Å². The van der Waals surface area contributed by atoms with Gasteiger partial charge in [-0.15, -0.1) is 0 Å². The molecule has 0 spiro atoms. The highest BCUT2D eigenvalue weighted by Crippen LogP contribution is 2.21. The van der Waals surface area contributed by atoms with Gasteiger partial charge in [-0.3, -0.25) is 9.59 Å². The van der Waals surface area contributed by atoms with Crippen LogP contribution in [0, 0.1) is 0 Å². The number of ether oxygens (including phenoxy) is 2. The minimum atomic E-state index is -3.88. The predicted octanol–water partition coefficient (Wildman–Crippen LogP) is 1.81. The topological polar surface area (TPSA) is 130 Å². The monoisotopic (exact) mass is 463 g/mol. The smallest absolute Gasteiger partial charge is 0.307 e. The maximum Gasteiger partial charge on any atom is 0.307 e. The summed E-state index contributed by atoms with van der Waals surface area (Å²) in [6.07, 6.45) is 0.125. The van der Waals surface area contributed by atoms with Gasteiger partial charge in [0.25, 0.3) is 5.91 Å². The lowest BCUT2D eigenvalue weighted by molar-refractivity contribution is -0.140. The molecule has 0 saturated heterocycles. The highest BCUT2D eigenvalue weighted by molar-refractivity contribution is 7.89. The van der Waals surface area contributed by atoms with Crippen molar-refractivity contribution < 1.29 is 27.5 Å². The summed E-state index contributed by atoms with van der Waals surface area (Å²) in [5.41, 5.74) is 0.633. The summed E-state index contributed by atoms with van der Waals surface area (Å²) in [6.45, 7) is 0.378. The molecule has 0 fully saturated rings. The van der Waals surface area contributed by atoms with E-state index in [1.54, 1.807) is 22.8 Å². The van der Waals surface area contributed by atoms with E-state index >= 15 is 0 Å². The number of thiazole rings is 1. The molecule has 0 aliphatic carbocycles. The number of amides is 1. The second kappa shape index (κ2) is 9.86. The number of carbonyl (C=O) groups is 2. The van der Waals surface area contributed by atoms with E-state index < -0.39 is 21.9 Å². The Labute approximate surface area is 182 Å². The zero-order chi connectivity index (χ0) is 22.4. The molecule has 3 rings (SSSR count). The van der Waals surface area contributed by atoms with E-state index in [0.717, 1.165) is 11.3 Å². The molecule has 0 aliphatic rings. The lowest BCUT2D eigenvalue weighted by atomic mass is 10.3. The largest absolute Gasteiger partial charge is 0.493 e. The number of rotatable bonds is 8. The number of nitrogens with zero attached hydrogens (tertiary/aromatic N) is 2. The molecule has 1 aromatic heterocycles. The molecule has 9 nitrogen and oxygen atoms in total. The van der Waals surface area contributed by atoms with E-state index in [0.29, 0.717) is 20.8 Å². The first-order valence-corrected chi connectivity index (χ1v) is 11.6. The third kappa shape index (κ3) is 6.00. The van der Waals surface area contributed by atoms with Gasteiger partial charge in [0.2, 0.25) is 10.0 Å². The summed E-state index contributed by atoms with van der Waals surface area (Å²) in [4.78, 5) is 28.4. The number of primary sulfonamides is 1. The third-order valence-electron chi connectivity index (χ3n) is 4.30. The summed E-state index contributed by atoms with van der Waals surface area (Å²) in [7, 11) is -2.59. The number of hydrogen-bond acceptors (Lipinski definition) is 7. The Morgan fingerprint density at radius 2 is 1.87 bits per heavy atom. The summed E-state index contributed by atoms with van der Waals surface area (Å²) in [5, 5.41) is 5.21. The van der Waals surface area contributed by atoms with Gasteiger partial charge >= 0.3 is 5.97 Å². The fourth-order valence-corrected chi connectivity index (χ4v) is 4.50. The first kappa shape index (κ1) is 22.7. The average Bonchev–Trinajstić information content (AvgIpc) is 3.08. The number of esters is 1. The van der Waals surface area contributed by atoms with E-state index in [2.05, 4.69) is 9.73 Å². The summed E-state index contributed by atoms with van der Waals surface area (Å²) in [5.74, 6) is -0.164. The lowest BCUT2D eigenvalue weighted by Crippen LogP contribution is -2.19. The van der Waals surface area contributed by atoms with E-state index in [9.17, 15) is 18.0 Å². The van der Waals surface area contributed by atoms with Crippen LogP contribution in [-0.4, -0.2) is 38.6 Å². The predicted molar refractivity (Wildman–Crippen MR) is 115 cm³/mol. The molecule has 0 bridgehead atoms. The Bertz CT molecular complexity index is 1260. The Hall–Kier alpha value is -3.02. The van der Waals surface area contributed by atoms with Gasteiger partial charge in [0.15, 0.2) is 4.80 Å². The van der Waals surface area contributed by atoms with Gasteiger partial charge in [-0.1, -0.05) is 29.5 Å². The van der Waals surface area contributed by atoms with Gasteiger partial charge < -0.3 is 14.0 Å². The summed E-state index contributed by atoms with van der Waals surface area (Å²) < 4.78 is 35.8. The fourth-order valence-electron chi connectivity index (χ4n) is 2.77. The molecule has 0 aliphatic heterocycles. The average molecular weight is 464 g/mol. The molecule has 31 heavy (non-hydrogen) atoms. The van der Waals surface area contributed by atoms with Crippen molar-refractivity contribution in [2.75, 3.05) is 13.7 Å². The number of hydrogen-bond donors (Lipinski definition) is 1. The van der Waals surface area contributed by atoms with Crippen molar-refractivity contribution in [2.24, 2.45) is 10.1 Å². The van der Waals surface area contributed by atoms with Crippen LogP contribution < -0.4 is 14.7 Å². The van der Waals surface area contributed by atoms with Gasteiger partial charge in [0.05, 0.1) is 41.7 Å². The number of carbonyl (C=O) groups excluding carboxylic acids is 2. The summed E-state index contributed by atoms with van der Waals surface area (Å²) >= 11 is 1.13. The van der Waals surface area contributed by atoms with Crippen molar-refractivity contribution in [3.63, 3.8) is 0 Å². The SMILES string of the molecule is COC(=O)CCn1c(=NC(=O)CCOc2ccccc2)sc2cc(S(N)(=O)=O)ccc21. The molecule has 2 N–H and O–H groups in total. The molecule has 11 heteroatoms. The van der Waals surface area contributed by atoms with Crippen molar-refractivity contribution in [3.05, 3.63) is 53.3 Å². The van der Waals surface area contributed by atoms with E-state index in [1.165, 1.54) is 19.2 Å². The Kier molecular flexibility index (Phi) is 7.21. The van der Waals surface area contributed by atoms with Crippen molar-refractivity contribution >= 4 is 43.5 Å². The first-order valence-electron chi connectivity index (χ1n) is 9.26. The van der Waals surface area contributed by atoms with Gasteiger partial charge in [-0.2, -0.15) is 4.99 Å². The highest BCUT2D eigenvalue weighted by Gasteiger charge is 2.14. The number of sulfonamides is 1. The minimum Gasteiger partial charge on any atom is -0.493 e. The standard InChI is InChI=1S/C20H21N3O6S2/c1-28-19(25)9-11-23-16-8-7-15(31(21,26)27)13-17(16)30-20(23)22-18(24)10-12-29-14-5-3-2-4-6-14/h2-8,13H,9-12H2,1H3,(H2,21,26,27). The lowest BCUT2D eigenvalue weighted by Gasteiger charge is -2.05. The molecule has 0 unspecified atom stereocenters. The maximum absolute atomic E-state index is 12.4. The molecular formula is C20H21N3O6S2. The fraction of sp³-hybridized carbons (Fsp3) is 0.250. The van der Waals surface area contributed by atoms with Crippen LogP contribution in [0.1, 0.15) is 12.8 Å². The maximum atomic E-state index is 12.4. The number of nitrogens with two attached hydrogens (primary N) is 1. The van der Waals surface area contributed by atoms with Crippen LogP contribution >= 0.6 is 11.3 Å². The molecule has 3 aromatic rings. The molecule has 1 amide bonds. The van der Waals surface area contributed by atoms with Crippen LogP contribution in [0.2, 0.25) is 0 Å². The minimum absolute atomic E-state index is 0.0458. The third-order valence-corrected chi connectivity index (χ3v) is 6.25. The number of aromatic nitrogens is 1. The second-order valence-electron chi connectivity index (χ2n) is 6.45. The molecule has 0 saturated carbocycles. The van der Waals surface area contributed by atoms with E-state index in [-0.39, 0.29) is 30.9 Å². The van der Waals surface area contributed by atoms with Crippen LogP contribution in [0.3, 0.4) is 0 Å². The number of methoxy groups -OCH3 is 1. The Morgan fingerprint density at radius 1 is 1.13 bits per heavy atom. The number of para-hydroxylation sites is 1. The molecule has 0 radical (unpaired) electrons. The Balaban J connectivity index is 1.88. The van der Waals surface area contributed by atoms with Crippen LogP contribution in [0.15, 0.2) is 58.4 Å². The molecule has 0 atom stereocenters. The number of benzene rings is 2. The van der Waals surface area contributed by atoms with Crippen molar-refractivity contribution in [2.45, 2.75) is 24.3 Å². The zero-order valence-corrected chi connectivity index (χ0v) is 18.3. The van der Waals surface area contributed by atoms with Gasteiger partial charge in [0.1, 0.15) is 5.75 Å².